The first-order chi connectivity index (χ1) is 26.2. The van der Waals surface area contributed by atoms with Crippen LogP contribution in [0.1, 0.15) is 89.4 Å². The van der Waals surface area contributed by atoms with Gasteiger partial charge in [-0.05, 0) is 122 Å². The number of anilines is 1. The second-order valence-electron chi connectivity index (χ2n) is 15.3. The first-order valence-corrected chi connectivity index (χ1v) is 20.9. The van der Waals surface area contributed by atoms with Gasteiger partial charge < -0.3 is 37.6 Å². The number of carbonyl (C=O) groups is 2. The van der Waals surface area contributed by atoms with Gasteiger partial charge in [0.15, 0.2) is 0 Å². The number of halogens is 1. The van der Waals surface area contributed by atoms with Gasteiger partial charge >= 0.3 is 0 Å². The predicted octanol–water partition coefficient (Wildman–Crippen LogP) is 7.90. The van der Waals surface area contributed by atoms with Crippen LogP contribution in [0.3, 0.4) is 0 Å². The predicted molar refractivity (Wildman–Crippen MR) is 212 cm³/mol. The number of nitrogens with zero attached hydrogens (tertiary/aromatic N) is 3. The summed E-state index contributed by atoms with van der Waals surface area (Å²) in [6, 6.07) is 13.4. The van der Waals surface area contributed by atoms with E-state index in [-0.39, 0.29) is 24.0 Å². The molecule has 4 aliphatic rings. The molecule has 1 N–H and O–H groups in total. The van der Waals surface area contributed by atoms with Gasteiger partial charge in [0.2, 0.25) is 0 Å². The summed E-state index contributed by atoms with van der Waals surface area (Å²) in [7, 11) is 1.40. The van der Waals surface area contributed by atoms with Crippen molar-refractivity contribution in [1.82, 2.24) is 9.88 Å². The van der Waals surface area contributed by atoms with Crippen molar-refractivity contribution in [2.45, 2.75) is 95.4 Å². The molecule has 1 saturated carbocycles. The van der Waals surface area contributed by atoms with E-state index in [1.54, 1.807) is 20.3 Å². The first-order valence-electron chi connectivity index (χ1n) is 19.4. The Morgan fingerprint density at radius 2 is 1.91 bits per heavy atom. The third-order valence-electron chi connectivity index (χ3n) is 11.8. The van der Waals surface area contributed by atoms with Crippen molar-refractivity contribution in [1.29, 1.82) is 0 Å². The highest BCUT2D eigenvalue weighted by molar-refractivity contribution is 7.75. The summed E-state index contributed by atoms with van der Waals surface area (Å²) in [6.45, 7) is 4.63. The lowest BCUT2D eigenvalue weighted by Gasteiger charge is -2.43. The summed E-state index contributed by atoms with van der Waals surface area (Å²) in [4.78, 5) is 30.0. The van der Waals surface area contributed by atoms with E-state index in [2.05, 4.69) is 43.4 Å². The Kier molecular flexibility index (Phi) is 12.5. The molecular weight excluding hydrogens is 724 g/mol. The van der Waals surface area contributed by atoms with Crippen molar-refractivity contribution in [2.24, 2.45) is 22.1 Å². The van der Waals surface area contributed by atoms with Crippen molar-refractivity contribution in [3.63, 3.8) is 0 Å². The van der Waals surface area contributed by atoms with E-state index in [0.717, 1.165) is 80.9 Å². The lowest BCUT2D eigenvalue weighted by atomic mass is 9.70. The van der Waals surface area contributed by atoms with Gasteiger partial charge in [-0.3, -0.25) is 9.59 Å². The zero-order valence-electron chi connectivity index (χ0n) is 31.5. The topological polar surface area (TPSA) is 111 Å². The SMILES string of the molecule is COC1CCCn2cc(C(=O)NC3[C@@H](C)C/C=C/[C@H](OC)[C@@H]4CC[C@H]4CN4Cc5ccc(Cl)cc5CCCCOc5ccc(cc54)C(=O)N=[S-]3=O)cc2C1. The van der Waals surface area contributed by atoms with Gasteiger partial charge in [-0.25, -0.2) is 0 Å². The second kappa shape index (κ2) is 17.4. The van der Waals surface area contributed by atoms with Crippen LogP contribution in [0, 0.1) is 17.8 Å². The van der Waals surface area contributed by atoms with E-state index < -0.39 is 21.9 Å². The maximum Gasteiger partial charge on any atom is 0.254 e. The lowest BCUT2D eigenvalue weighted by Crippen LogP contribution is -2.43. The molecule has 0 spiro atoms. The van der Waals surface area contributed by atoms with E-state index in [1.807, 2.05) is 37.4 Å². The van der Waals surface area contributed by atoms with Crippen LogP contribution in [0.15, 0.2) is 65.2 Å². The summed E-state index contributed by atoms with van der Waals surface area (Å²) in [5.41, 5.74) is 5.05. The first kappa shape index (κ1) is 38.6. The Morgan fingerprint density at radius 1 is 1.04 bits per heavy atom. The van der Waals surface area contributed by atoms with Crippen molar-refractivity contribution in [3.8, 4) is 5.75 Å². The lowest BCUT2D eigenvalue weighted by molar-refractivity contribution is 0.0133. The molecule has 6 atom stereocenters. The summed E-state index contributed by atoms with van der Waals surface area (Å²) >= 11 is 6.48. The molecule has 2 bridgehead atoms. The minimum Gasteiger partial charge on any atom is -0.491 e. The van der Waals surface area contributed by atoms with Crippen LogP contribution < -0.4 is 15.0 Å². The second-order valence-corrected chi connectivity index (χ2v) is 17.0. The fraction of sp³-hybridized carbons (Fsp3) is 0.524. The molecular formula is C42H52ClN4O6S-. The molecule has 54 heavy (non-hydrogen) atoms. The number of fused-ring (bicyclic) bond motifs is 4. The number of methoxy groups -OCH3 is 2. The molecule has 0 radical (unpaired) electrons. The van der Waals surface area contributed by atoms with Crippen LogP contribution in [-0.4, -0.2) is 61.3 Å². The van der Waals surface area contributed by atoms with Crippen LogP contribution in [-0.2, 0) is 50.2 Å². The zero-order valence-corrected chi connectivity index (χ0v) is 33.1. The molecule has 2 unspecified atom stereocenters. The quantitative estimate of drug-likeness (QED) is 0.212. The van der Waals surface area contributed by atoms with Crippen LogP contribution >= 0.6 is 11.6 Å². The highest BCUT2D eigenvalue weighted by atomic mass is 35.5. The van der Waals surface area contributed by atoms with E-state index in [0.29, 0.717) is 48.3 Å². The summed E-state index contributed by atoms with van der Waals surface area (Å²) in [5, 5.41) is 2.82. The Balaban J connectivity index is 1.25. The number of carbonyl (C=O) groups excluding carboxylic acids is 2. The highest BCUT2D eigenvalue weighted by Crippen LogP contribution is 2.42. The molecule has 3 aliphatic heterocycles. The third kappa shape index (κ3) is 8.75. The number of nitrogens with one attached hydrogen (secondary N) is 1. The number of hydrogen-bond acceptors (Lipinski definition) is 8. The van der Waals surface area contributed by atoms with E-state index >= 15 is 0 Å². The molecule has 1 aromatic heterocycles. The molecule has 12 heteroatoms. The van der Waals surface area contributed by atoms with Crippen LogP contribution in [0.25, 0.3) is 0 Å². The number of aromatic nitrogens is 1. The van der Waals surface area contributed by atoms with E-state index in [9.17, 15) is 13.8 Å². The maximum absolute atomic E-state index is 14.1. The van der Waals surface area contributed by atoms with Gasteiger partial charge in [0.25, 0.3) is 11.8 Å². The Bertz CT molecular complexity index is 1960. The minimum absolute atomic E-state index is 0.0987. The number of ether oxygens (including phenoxy) is 3. The third-order valence-corrected chi connectivity index (χ3v) is 13.4. The number of benzene rings is 2. The molecule has 1 aliphatic carbocycles. The average molecular weight is 776 g/mol. The summed E-state index contributed by atoms with van der Waals surface area (Å²) in [5.74, 6) is 0.100. The van der Waals surface area contributed by atoms with Gasteiger partial charge in [0, 0.05) is 62.8 Å². The van der Waals surface area contributed by atoms with Crippen molar-refractivity contribution in [2.75, 3.05) is 32.3 Å². The monoisotopic (exact) mass is 775 g/mol. The zero-order chi connectivity index (χ0) is 37.8. The summed E-state index contributed by atoms with van der Waals surface area (Å²) < 4.78 is 38.6. The fourth-order valence-corrected chi connectivity index (χ4v) is 9.71. The number of rotatable bonds is 4. The smallest absolute Gasteiger partial charge is 0.254 e. The van der Waals surface area contributed by atoms with Gasteiger partial charge in [0.1, 0.15) is 5.75 Å². The minimum atomic E-state index is -2.08. The normalized spacial score (nSPS) is 27.3. The molecule has 2 aromatic carbocycles. The van der Waals surface area contributed by atoms with Crippen molar-refractivity contribution >= 4 is 39.7 Å². The highest BCUT2D eigenvalue weighted by Gasteiger charge is 2.38. The number of allylic oxidation sites excluding steroid dienone is 1. The summed E-state index contributed by atoms with van der Waals surface area (Å²) in [6.07, 6.45) is 14.0. The molecule has 0 saturated heterocycles. The van der Waals surface area contributed by atoms with E-state index in [4.69, 9.17) is 25.8 Å². The standard InChI is InChI=1S/C42H52ClN4O6S/c1-27-8-6-11-38(52-3)36-16-13-31(36)25-47-24-30-12-15-33(43)20-28(30)9-4-5-19-53-39-17-14-29(22-37(39)47)41(49)45-54(50)42(27)44-40(48)32-21-34-23-35(51-2)10-7-18-46(34)26-32/h6,11-12,14-15,17,20-22,26-27,31,35-36,38,42H,4-5,7-10,13,16,18-19,23-25H2,1-3H3,(H,44,48)/q-1/b11-6+/t27-,31-,35?,36+,38-,42?/m0/s1. The van der Waals surface area contributed by atoms with Gasteiger partial charge in [-0.15, -0.1) is 0 Å². The molecule has 4 heterocycles. The molecule has 290 valence electrons. The number of amides is 2. The van der Waals surface area contributed by atoms with Crippen LogP contribution in [0.5, 0.6) is 5.75 Å². The number of aryl methyl sites for hydroxylation is 2. The van der Waals surface area contributed by atoms with Gasteiger partial charge in [0.05, 0.1) is 30.1 Å². The molecule has 7 rings (SSSR count). The Morgan fingerprint density at radius 3 is 2.70 bits per heavy atom. The molecule has 2 amide bonds. The van der Waals surface area contributed by atoms with Gasteiger partial charge in [-0.2, -0.15) is 10.6 Å². The fourth-order valence-electron chi connectivity index (χ4n) is 8.42. The van der Waals surface area contributed by atoms with Crippen LogP contribution in [0.2, 0.25) is 5.02 Å². The Hall–Kier alpha value is -3.64. The van der Waals surface area contributed by atoms with Crippen LogP contribution in [0.4, 0.5) is 5.69 Å². The van der Waals surface area contributed by atoms with E-state index in [1.165, 1.54) is 11.1 Å². The number of hydrogen-bond donors (Lipinski definition) is 1. The van der Waals surface area contributed by atoms with Crippen molar-refractivity contribution in [3.05, 3.63) is 93.8 Å². The van der Waals surface area contributed by atoms with Gasteiger partial charge in [-0.1, -0.05) is 36.7 Å². The largest absolute Gasteiger partial charge is 0.491 e. The average Bonchev–Trinajstić information content (AvgIpc) is 3.44. The maximum atomic E-state index is 14.1. The molecule has 10 nitrogen and oxygen atoms in total. The molecule has 3 aromatic rings. The Labute approximate surface area is 325 Å². The van der Waals surface area contributed by atoms with Crippen molar-refractivity contribution < 1.29 is 28.0 Å². The molecule has 1 fully saturated rings.